The van der Waals surface area contributed by atoms with Crippen LogP contribution < -0.4 is 5.32 Å². The van der Waals surface area contributed by atoms with Crippen LogP contribution in [0.15, 0.2) is 22.7 Å². The molecule has 1 rings (SSSR count). The lowest BCUT2D eigenvalue weighted by atomic mass is 10.2. The molecule has 0 aliphatic carbocycles. The fourth-order valence-corrected chi connectivity index (χ4v) is 3.50. The van der Waals surface area contributed by atoms with Crippen LogP contribution in [0.3, 0.4) is 0 Å². The predicted molar refractivity (Wildman–Crippen MR) is 76.8 cm³/mol. The Morgan fingerprint density at radius 3 is 2.52 bits per heavy atom. The predicted octanol–water partition coefficient (Wildman–Crippen LogP) is 1.09. The second kappa shape index (κ2) is 6.99. The lowest BCUT2D eigenvalue weighted by Crippen LogP contribution is -2.44. The Balaban J connectivity index is 2.90. The molecule has 0 aliphatic heterocycles. The number of sulfone groups is 1. The second-order valence-electron chi connectivity index (χ2n) is 4.38. The summed E-state index contributed by atoms with van der Waals surface area (Å²) in [6, 6.07) is 2.33. The van der Waals surface area contributed by atoms with E-state index in [1.807, 2.05) is 5.32 Å². The van der Waals surface area contributed by atoms with Gasteiger partial charge in [-0.1, -0.05) is 22.0 Å². The maximum atomic E-state index is 13.6. The number of carboxylic acids is 1. The molecule has 21 heavy (non-hydrogen) atoms. The first-order chi connectivity index (χ1) is 9.60. The minimum atomic E-state index is -3.91. The van der Waals surface area contributed by atoms with Crippen LogP contribution in [0.1, 0.15) is 12.5 Å². The van der Waals surface area contributed by atoms with E-state index in [4.69, 9.17) is 5.11 Å². The van der Waals surface area contributed by atoms with Gasteiger partial charge in [0.15, 0.2) is 9.84 Å². The van der Waals surface area contributed by atoms with Crippen molar-refractivity contribution in [3.63, 3.8) is 0 Å². The number of carboxylic acid groups (broad SMARTS) is 1. The van der Waals surface area contributed by atoms with Crippen molar-refractivity contribution in [2.45, 2.75) is 18.7 Å². The molecule has 1 aromatic rings. The minimum Gasteiger partial charge on any atom is -0.480 e. The van der Waals surface area contributed by atoms with Crippen LogP contribution in [0.5, 0.6) is 0 Å². The molecule has 0 fully saturated rings. The summed E-state index contributed by atoms with van der Waals surface area (Å²) < 4.78 is 37.9. The van der Waals surface area contributed by atoms with Crippen LogP contribution >= 0.6 is 15.9 Å². The number of amides is 1. The van der Waals surface area contributed by atoms with E-state index in [0.717, 1.165) is 13.0 Å². The molecule has 0 radical (unpaired) electrons. The summed E-state index contributed by atoms with van der Waals surface area (Å²) in [7, 11) is -3.91. The van der Waals surface area contributed by atoms with E-state index in [1.54, 1.807) is 0 Å². The largest absolute Gasteiger partial charge is 0.480 e. The van der Waals surface area contributed by atoms with Crippen molar-refractivity contribution in [1.82, 2.24) is 5.32 Å². The van der Waals surface area contributed by atoms with Crippen molar-refractivity contribution in [3.8, 4) is 0 Å². The zero-order valence-electron chi connectivity index (χ0n) is 11.0. The Hall–Kier alpha value is -1.48. The van der Waals surface area contributed by atoms with Gasteiger partial charge in [-0.05, 0) is 12.1 Å². The van der Waals surface area contributed by atoms with E-state index in [-0.39, 0.29) is 5.56 Å². The van der Waals surface area contributed by atoms with Gasteiger partial charge >= 0.3 is 5.97 Å². The number of rotatable bonds is 6. The Kier molecular flexibility index (Phi) is 5.85. The van der Waals surface area contributed by atoms with Gasteiger partial charge in [-0.3, -0.25) is 4.79 Å². The van der Waals surface area contributed by atoms with Gasteiger partial charge in [0.2, 0.25) is 5.91 Å². The van der Waals surface area contributed by atoms with E-state index < -0.39 is 45.1 Å². The molecular weight excluding hydrogens is 369 g/mol. The SMILES string of the molecule is CC(=O)N[C@@H](CS(=O)(=O)Cc1ccc(Br)cc1F)C(=O)O. The number of hydrogen-bond donors (Lipinski definition) is 2. The summed E-state index contributed by atoms with van der Waals surface area (Å²) in [4.78, 5) is 21.8. The summed E-state index contributed by atoms with van der Waals surface area (Å²) in [5.41, 5.74) is -0.0647. The molecule has 1 aromatic carbocycles. The quantitative estimate of drug-likeness (QED) is 0.767. The highest BCUT2D eigenvalue weighted by molar-refractivity contribution is 9.10. The lowest BCUT2D eigenvalue weighted by molar-refractivity contribution is -0.140. The molecular formula is C12H13BrFNO5S. The number of hydrogen-bond acceptors (Lipinski definition) is 4. The third kappa shape index (κ3) is 5.80. The summed E-state index contributed by atoms with van der Waals surface area (Å²) >= 11 is 3.05. The standard InChI is InChI=1S/C12H13BrFNO5S/c1-7(16)15-11(12(17)18)6-21(19,20)5-8-2-3-9(13)4-10(8)14/h2-4,11H,5-6H2,1H3,(H,15,16)(H,17,18)/t11-/m0/s1. The summed E-state index contributed by atoms with van der Waals surface area (Å²) in [5.74, 6) is -4.29. The summed E-state index contributed by atoms with van der Waals surface area (Å²) in [6.45, 7) is 1.08. The van der Waals surface area contributed by atoms with Crippen molar-refractivity contribution in [2.24, 2.45) is 0 Å². The summed E-state index contributed by atoms with van der Waals surface area (Å²) in [6.07, 6.45) is 0. The van der Waals surface area contributed by atoms with E-state index >= 15 is 0 Å². The molecule has 0 heterocycles. The average molecular weight is 382 g/mol. The van der Waals surface area contributed by atoms with Gasteiger partial charge < -0.3 is 10.4 Å². The van der Waals surface area contributed by atoms with Gasteiger partial charge in [0.25, 0.3) is 0 Å². The van der Waals surface area contributed by atoms with Crippen molar-refractivity contribution in [2.75, 3.05) is 5.75 Å². The molecule has 9 heteroatoms. The third-order valence-electron chi connectivity index (χ3n) is 2.49. The van der Waals surface area contributed by atoms with Crippen LogP contribution in [0.25, 0.3) is 0 Å². The number of nitrogens with one attached hydrogen (secondary N) is 1. The zero-order valence-corrected chi connectivity index (χ0v) is 13.4. The van der Waals surface area contributed by atoms with E-state index in [9.17, 15) is 22.4 Å². The molecule has 1 amide bonds. The van der Waals surface area contributed by atoms with Crippen LogP contribution in [0.2, 0.25) is 0 Å². The van der Waals surface area contributed by atoms with E-state index in [0.29, 0.717) is 4.47 Å². The Labute approximate surface area is 129 Å². The fourth-order valence-electron chi connectivity index (χ4n) is 1.61. The van der Waals surface area contributed by atoms with Crippen LogP contribution in [0, 0.1) is 5.82 Å². The van der Waals surface area contributed by atoms with Gasteiger partial charge in [-0.15, -0.1) is 0 Å². The monoisotopic (exact) mass is 381 g/mol. The molecule has 0 aromatic heterocycles. The Morgan fingerprint density at radius 1 is 1.43 bits per heavy atom. The molecule has 2 N–H and O–H groups in total. The normalized spacial score (nSPS) is 12.7. The number of halogens is 2. The topological polar surface area (TPSA) is 101 Å². The maximum Gasteiger partial charge on any atom is 0.327 e. The highest BCUT2D eigenvalue weighted by Crippen LogP contribution is 2.18. The van der Waals surface area contributed by atoms with E-state index in [1.165, 1.54) is 12.1 Å². The third-order valence-corrected chi connectivity index (χ3v) is 4.57. The number of aliphatic carboxylic acids is 1. The first kappa shape index (κ1) is 17.6. The molecule has 0 spiro atoms. The van der Waals surface area contributed by atoms with Crippen molar-refractivity contribution < 1.29 is 27.5 Å². The van der Waals surface area contributed by atoms with Gasteiger partial charge in [0.1, 0.15) is 11.9 Å². The van der Waals surface area contributed by atoms with Gasteiger partial charge in [-0.25, -0.2) is 17.6 Å². The molecule has 6 nitrogen and oxygen atoms in total. The minimum absolute atomic E-state index is 0.0647. The molecule has 0 saturated carbocycles. The first-order valence-electron chi connectivity index (χ1n) is 5.75. The lowest BCUT2D eigenvalue weighted by Gasteiger charge is -2.13. The van der Waals surface area contributed by atoms with Crippen molar-refractivity contribution in [3.05, 3.63) is 34.1 Å². The van der Waals surface area contributed by atoms with Gasteiger partial charge in [0.05, 0.1) is 11.5 Å². The Bertz CT molecular complexity index is 662. The fraction of sp³-hybridized carbons (Fsp3) is 0.333. The van der Waals surface area contributed by atoms with E-state index in [2.05, 4.69) is 15.9 Å². The Morgan fingerprint density at radius 2 is 2.05 bits per heavy atom. The number of carbonyl (C=O) groups is 2. The summed E-state index contributed by atoms with van der Waals surface area (Å²) in [5, 5.41) is 10.9. The zero-order chi connectivity index (χ0) is 16.2. The van der Waals surface area contributed by atoms with Crippen molar-refractivity contribution >= 4 is 37.6 Å². The second-order valence-corrected chi connectivity index (χ2v) is 7.41. The highest BCUT2D eigenvalue weighted by Gasteiger charge is 2.26. The van der Waals surface area contributed by atoms with Crippen LogP contribution in [-0.2, 0) is 25.2 Å². The van der Waals surface area contributed by atoms with Crippen LogP contribution in [-0.4, -0.2) is 37.2 Å². The average Bonchev–Trinajstić information content (AvgIpc) is 2.31. The molecule has 116 valence electrons. The number of carbonyl (C=O) groups excluding carboxylic acids is 1. The highest BCUT2D eigenvalue weighted by atomic mass is 79.9. The maximum absolute atomic E-state index is 13.6. The molecule has 0 unspecified atom stereocenters. The number of benzene rings is 1. The smallest absolute Gasteiger partial charge is 0.327 e. The first-order valence-corrected chi connectivity index (χ1v) is 8.36. The molecule has 0 aliphatic rings. The molecule has 1 atom stereocenters. The molecule has 0 saturated heterocycles. The van der Waals surface area contributed by atoms with Gasteiger partial charge in [0, 0.05) is 17.0 Å². The molecule has 0 bridgehead atoms. The van der Waals surface area contributed by atoms with Crippen LogP contribution in [0.4, 0.5) is 4.39 Å². The van der Waals surface area contributed by atoms with Gasteiger partial charge in [-0.2, -0.15) is 0 Å². The van der Waals surface area contributed by atoms with Crippen molar-refractivity contribution in [1.29, 1.82) is 0 Å².